The fourth-order valence-electron chi connectivity index (χ4n) is 5.18. The van der Waals surface area contributed by atoms with E-state index >= 15 is 0 Å². The van der Waals surface area contributed by atoms with Gasteiger partial charge in [0.15, 0.2) is 5.69 Å². The molecule has 1 aromatic heterocycles. The molecule has 27 heavy (non-hydrogen) atoms. The van der Waals surface area contributed by atoms with E-state index in [9.17, 15) is 4.79 Å². The van der Waals surface area contributed by atoms with Gasteiger partial charge in [0.1, 0.15) is 5.75 Å². The molecule has 6 heteroatoms. The van der Waals surface area contributed by atoms with Crippen molar-refractivity contribution in [3.05, 3.63) is 35.7 Å². The van der Waals surface area contributed by atoms with Crippen LogP contribution in [0, 0.1) is 23.7 Å². The van der Waals surface area contributed by atoms with Crippen molar-refractivity contribution in [2.24, 2.45) is 16.7 Å². The number of benzene rings is 1. The van der Waals surface area contributed by atoms with Crippen LogP contribution in [0.4, 0.5) is 0 Å². The first-order valence-corrected chi connectivity index (χ1v) is 9.65. The third-order valence-electron chi connectivity index (χ3n) is 7.51. The summed E-state index contributed by atoms with van der Waals surface area (Å²) in [4.78, 5) is 13.0. The molecule has 0 saturated heterocycles. The summed E-state index contributed by atoms with van der Waals surface area (Å²) in [5.74, 6) is 1.29. The van der Waals surface area contributed by atoms with Crippen molar-refractivity contribution >= 4 is 5.91 Å². The predicted molar refractivity (Wildman–Crippen MR) is 103 cm³/mol. The smallest absolute Gasteiger partial charge is 0.274 e. The number of methoxy groups -OCH3 is 1. The molecule has 4 rings (SSSR count). The summed E-state index contributed by atoms with van der Waals surface area (Å²) in [5, 5.41) is 11.6. The SMILES string of the molecule is COc1cccc(-n2nnc(C(=O)NC3CC4CCC3(C)C4(C)C)c2C)c1. The number of amides is 1. The number of rotatable bonds is 4. The number of ether oxygens (including phenoxy) is 1. The molecular weight excluding hydrogens is 340 g/mol. The molecule has 2 fully saturated rings. The van der Waals surface area contributed by atoms with E-state index in [1.54, 1.807) is 11.8 Å². The van der Waals surface area contributed by atoms with Crippen molar-refractivity contribution < 1.29 is 9.53 Å². The van der Waals surface area contributed by atoms with Crippen molar-refractivity contribution in [1.82, 2.24) is 20.3 Å². The Kier molecular flexibility index (Phi) is 4.05. The van der Waals surface area contributed by atoms with Crippen molar-refractivity contribution in [3.8, 4) is 11.4 Å². The minimum Gasteiger partial charge on any atom is -0.497 e. The van der Waals surface area contributed by atoms with Crippen molar-refractivity contribution in [2.45, 2.75) is 53.0 Å². The van der Waals surface area contributed by atoms with E-state index in [0.717, 1.165) is 23.6 Å². The van der Waals surface area contributed by atoms with Gasteiger partial charge in [-0.1, -0.05) is 32.1 Å². The normalized spacial score (nSPS) is 28.3. The van der Waals surface area contributed by atoms with Crippen LogP contribution in [0.15, 0.2) is 24.3 Å². The van der Waals surface area contributed by atoms with Gasteiger partial charge in [-0.05, 0) is 55.1 Å². The molecule has 2 aromatic rings. The molecule has 144 valence electrons. The van der Waals surface area contributed by atoms with Crippen LogP contribution in [0.1, 0.15) is 56.2 Å². The van der Waals surface area contributed by atoms with Gasteiger partial charge in [0.25, 0.3) is 5.91 Å². The monoisotopic (exact) mass is 368 g/mol. The molecule has 0 radical (unpaired) electrons. The van der Waals surface area contributed by atoms with E-state index < -0.39 is 0 Å². The molecule has 2 saturated carbocycles. The van der Waals surface area contributed by atoms with Crippen LogP contribution in [-0.2, 0) is 0 Å². The molecule has 6 nitrogen and oxygen atoms in total. The highest BCUT2D eigenvalue weighted by Crippen LogP contribution is 2.65. The minimum atomic E-state index is -0.128. The molecule has 3 atom stereocenters. The van der Waals surface area contributed by atoms with Crippen molar-refractivity contribution in [1.29, 1.82) is 0 Å². The number of hydrogen-bond acceptors (Lipinski definition) is 4. The van der Waals surface area contributed by atoms with Gasteiger partial charge in [0.05, 0.1) is 18.5 Å². The van der Waals surface area contributed by atoms with E-state index in [-0.39, 0.29) is 22.8 Å². The lowest BCUT2D eigenvalue weighted by Gasteiger charge is -2.39. The molecule has 1 heterocycles. The lowest BCUT2D eigenvalue weighted by Crippen LogP contribution is -2.47. The molecular formula is C21H28N4O2. The average Bonchev–Trinajstić information content (AvgIpc) is 3.20. The van der Waals surface area contributed by atoms with Gasteiger partial charge in [0, 0.05) is 12.1 Å². The summed E-state index contributed by atoms with van der Waals surface area (Å²) in [7, 11) is 1.63. The molecule has 0 aliphatic heterocycles. The topological polar surface area (TPSA) is 69.0 Å². The van der Waals surface area contributed by atoms with Crippen LogP contribution in [0.3, 0.4) is 0 Å². The fourth-order valence-corrected chi connectivity index (χ4v) is 5.18. The Hall–Kier alpha value is -2.37. The Morgan fingerprint density at radius 3 is 2.74 bits per heavy atom. The number of nitrogens with one attached hydrogen (secondary N) is 1. The van der Waals surface area contributed by atoms with E-state index in [1.807, 2.05) is 31.2 Å². The van der Waals surface area contributed by atoms with Crippen molar-refractivity contribution in [3.63, 3.8) is 0 Å². The summed E-state index contributed by atoms with van der Waals surface area (Å²) in [6.07, 6.45) is 3.49. The molecule has 1 N–H and O–H groups in total. The third-order valence-corrected chi connectivity index (χ3v) is 7.51. The van der Waals surface area contributed by atoms with Crippen LogP contribution >= 0.6 is 0 Å². The molecule has 3 unspecified atom stereocenters. The number of hydrogen-bond donors (Lipinski definition) is 1. The predicted octanol–water partition coefficient (Wildman–Crippen LogP) is 3.53. The first-order valence-electron chi connectivity index (χ1n) is 9.65. The summed E-state index contributed by atoms with van der Waals surface area (Å²) in [6.45, 7) is 8.90. The van der Waals surface area contributed by atoms with Crippen LogP contribution in [0.5, 0.6) is 5.75 Å². The summed E-state index contributed by atoms with van der Waals surface area (Å²) >= 11 is 0. The molecule has 1 amide bonds. The fraction of sp³-hybridized carbons (Fsp3) is 0.571. The number of fused-ring (bicyclic) bond motifs is 2. The molecule has 2 bridgehead atoms. The van der Waals surface area contributed by atoms with Crippen LogP contribution in [0.2, 0.25) is 0 Å². The lowest BCUT2D eigenvalue weighted by molar-refractivity contribution is 0.0821. The van der Waals surface area contributed by atoms with E-state index in [1.165, 1.54) is 12.8 Å². The number of carbonyl (C=O) groups excluding carboxylic acids is 1. The summed E-state index contributed by atoms with van der Waals surface area (Å²) < 4.78 is 6.96. The Morgan fingerprint density at radius 1 is 1.33 bits per heavy atom. The first-order chi connectivity index (χ1) is 12.8. The molecule has 2 aliphatic rings. The Balaban J connectivity index is 1.57. The van der Waals surface area contributed by atoms with Crippen molar-refractivity contribution in [2.75, 3.05) is 7.11 Å². The standard InChI is InChI=1S/C21H28N4O2/c1-13-18(23-24-25(13)15-7-6-8-16(12-15)27-5)19(26)22-17-11-14-9-10-21(17,4)20(14,2)3/h6-8,12,14,17H,9-11H2,1-5H3,(H,22,26). The Bertz CT molecular complexity index is 888. The third kappa shape index (κ3) is 2.57. The number of carbonyl (C=O) groups is 1. The van der Waals surface area contributed by atoms with Gasteiger partial charge in [-0.15, -0.1) is 5.10 Å². The van der Waals surface area contributed by atoms with Crippen LogP contribution < -0.4 is 10.1 Å². The maximum atomic E-state index is 13.0. The summed E-state index contributed by atoms with van der Waals surface area (Å²) in [6, 6.07) is 7.77. The van der Waals surface area contributed by atoms with Gasteiger partial charge in [-0.25, -0.2) is 4.68 Å². The minimum absolute atomic E-state index is 0.128. The van der Waals surface area contributed by atoms with Crippen LogP contribution in [-0.4, -0.2) is 34.1 Å². The van der Waals surface area contributed by atoms with Gasteiger partial charge in [-0.2, -0.15) is 0 Å². The maximum absolute atomic E-state index is 13.0. The zero-order valence-corrected chi connectivity index (χ0v) is 16.7. The molecule has 2 aliphatic carbocycles. The second-order valence-corrected chi connectivity index (χ2v) is 8.77. The lowest BCUT2D eigenvalue weighted by atomic mass is 9.69. The number of aromatic nitrogens is 3. The van der Waals surface area contributed by atoms with E-state index in [4.69, 9.17) is 4.74 Å². The second kappa shape index (κ2) is 6.08. The average molecular weight is 368 g/mol. The van der Waals surface area contributed by atoms with Gasteiger partial charge in [-0.3, -0.25) is 4.79 Å². The van der Waals surface area contributed by atoms with E-state index in [0.29, 0.717) is 11.6 Å². The highest BCUT2D eigenvalue weighted by atomic mass is 16.5. The second-order valence-electron chi connectivity index (χ2n) is 8.77. The van der Waals surface area contributed by atoms with Crippen LogP contribution in [0.25, 0.3) is 5.69 Å². The Morgan fingerprint density at radius 2 is 2.11 bits per heavy atom. The number of nitrogens with zero attached hydrogens (tertiary/aromatic N) is 3. The zero-order valence-electron chi connectivity index (χ0n) is 16.7. The first kappa shape index (κ1) is 18.0. The van der Waals surface area contributed by atoms with Gasteiger partial charge in [0.2, 0.25) is 0 Å². The maximum Gasteiger partial charge on any atom is 0.274 e. The largest absolute Gasteiger partial charge is 0.497 e. The molecule has 1 aromatic carbocycles. The quantitative estimate of drug-likeness (QED) is 0.896. The van der Waals surface area contributed by atoms with E-state index in [2.05, 4.69) is 36.4 Å². The summed E-state index contributed by atoms with van der Waals surface area (Å²) in [5.41, 5.74) is 2.35. The zero-order chi connectivity index (χ0) is 19.4. The highest BCUT2D eigenvalue weighted by Gasteiger charge is 2.61. The highest BCUT2D eigenvalue weighted by molar-refractivity contribution is 5.93. The van der Waals surface area contributed by atoms with Gasteiger partial charge >= 0.3 is 0 Å². The molecule has 0 spiro atoms. The van der Waals surface area contributed by atoms with Gasteiger partial charge < -0.3 is 10.1 Å². The Labute approximate surface area is 160 Å².